The van der Waals surface area contributed by atoms with E-state index in [1.165, 1.54) is 17.5 Å². The lowest BCUT2D eigenvalue weighted by Gasteiger charge is -2.34. The predicted octanol–water partition coefficient (Wildman–Crippen LogP) is 8.88. The molecule has 6 nitrogen and oxygen atoms in total. The van der Waals surface area contributed by atoms with Crippen LogP contribution in [0, 0.1) is 5.41 Å². The van der Waals surface area contributed by atoms with Crippen molar-refractivity contribution in [1.29, 1.82) is 0 Å². The van der Waals surface area contributed by atoms with Gasteiger partial charge in [0.1, 0.15) is 11.4 Å². The third kappa shape index (κ3) is 6.74. The fourth-order valence-corrected chi connectivity index (χ4v) is 6.57. The summed E-state index contributed by atoms with van der Waals surface area (Å²) in [6.07, 6.45) is 8.22. The molecule has 0 atom stereocenters. The monoisotopic (exact) mass is 569 g/mol. The molecule has 216 valence electrons. The van der Waals surface area contributed by atoms with Gasteiger partial charge in [-0.05, 0) is 72.1 Å². The molecule has 2 aromatic carbocycles. The summed E-state index contributed by atoms with van der Waals surface area (Å²) in [6.45, 7) is 14.0. The van der Waals surface area contributed by atoms with Crippen LogP contribution < -0.4 is 14.8 Å². The molecule has 0 saturated carbocycles. The maximum Gasteiger partial charge on any atom is 0.152 e. The van der Waals surface area contributed by atoms with Crippen LogP contribution in [0.25, 0.3) is 16.6 Å². The first kappa shape index (κ1) is 29.1. The van der Waals surface area contributed by atoms with E-state index in [0.717, 1.165) is 55.6 Å². The number of hydrogen-bond donors (Lipinski definition) is 2. The lowest BCUT2D eigenvalue weighted by atomic mass is 9.72. The van der Waals surface area contributed by atoms with Gasteiger partial charge in [0.25, 0.3) is 0 Å². The third-order valence-corrected chi connectivity index (χ3v) is 9.05. The van der Waals surface area contributed by atoms with Crippen LogP contribution in [-0.2, 0) is 6.42 Å². The number of allylic oxidation sites excluding steroid dienone is 1. The molecule has 2 aliphatic rings. The molecule has 2 aromatic heterocycles. The molecule has 7 heteroatoms. The van der Waals surface area contributed by atoms with Gasteiger partial charge in [-0.3, -0.25) is 0 Å². The molecule has 0 bridgehead atoms. The number of benzene rings is 2. The van der Waals surface area contributed by atoms with E-state index >= 15 is 0 Å². The van der Waals surface area contributed by atoms with Gasteiger partial charge in [-0.25, -0.2) is 9.29 Å². The Morgan fingerprint density at radius 3 is 2.63 bits per heavy atom. The maximum atomic E-state index is 6.30. The molecule has 1 saturated heterocycles. The Kier molecular flexibility index (Phi) is 8.95. The normalized spacial score (nSPS) is 17.0. The summed E-state index contributed by atoms with van der Waals surface area (Å²) in [6, 6.07) is 19.3. The number of rotatable bonds is 7. The van der Waals surface area contributed by atoms with Gasteiger partial charge < -0.3 is 19.8 Å². The number of nitrogens with zero attached hydrogens (tertiary/aromatic N) is 3. The molecule has 0 amide bonds. The van der Waals surface area contributed by atoms with Gasteiger partial charge in [0.15, 0.2) is 5.75 Å². The lowest BCUT2D eigenvalue weighted by Crippen LogP contribution is -2.24. The Labute approximate surface area is 249 Å². The number of H-pyrrole nitrogens is 1. The molecule has 1 fully saturated rings. The third-order valence-electron chi connectivity index (χ3n) is 7.92. The topological polar surface area (TPSA) is 70.4 Å². The van der Waals surface area contributed by atoms with Gasteiger partial charge in [0, 0.05) is 49.4 Å². The van der Waals surface area contributed by atoms with Gasteiger partial charge in [0.2, 0.25) is 0 Å². The second kappa shape index (κ2) is 12.6. The molecular formula is C34H43N5OS. The number of anilines is 2. The standard InChI is InChI=1S/C32H37N5OS.C2H6/c1-4-22-5-7-23(8-6-22)28-19-32(2,3)13-11-25(28)21-36-15-16-37(39-36)26-9-10-29(33)30(18-26)38-27-17-24-12-14-34-31(24)35-20-27;1-2/h5-10,12,14,17-18,20H,4,11,13,15-16,19,21,33H2,1-3H3,(H,34,35);1-2H3. The zero-order valence-corrected chi connectivity index (χ0v) is 25.9. The number of nitrogen functional groups attached to an aromatic ring is 1. The van der Waals surface area contributed by atoms with Crippen molar-refractivity contribution < 1.29 is 4.74 Å². The minimum absolute atomic E-state index is 0.341. The number of pyridine rings is 1. The summed E-state index contributed by atoms with van der Waals surface area (Å²) >= 11 is 1.80. The Morgan fingerprint density at radius 2 is 1.85 bits per heavy atom. The molecule has 41 heavy (non-hydrogen) atoms. The minimum atomic E-state index is 0.341. The smallest absolute Gasteiger partial charge is 0.152 e. The quantitative estimate of drug-likeness (QED) is 0.171. The summed E-state index contributed by atoms with van der Waals surface area (Å²) in [5.74, 6) is 1.33. The molecule has 4 aromatic rings. The molecule has 0 radical (unpaired) electrons. The van der Waals surface area contributed by atoms with Gasteiger partial charge in [-0.1, -0.05) is 64.5 Å². The predicted molar refractivity (Wildman–Crippen MR) is 175 cm³/mol. The summed E-state index contributed by atoms with van der Waals surface area (Å²) in [4.78, 5) is 7.54. The van der Waals surface area contributed by atoms with Crippen molar-refractivity contribution in [1.82, 2.24) is 14.3 Å². The highest BCUT2D eigenvalue weighted by Gasteiger charge is 2.30. The molecular weight excluding hydrogens is 526 g/mol. The zero-order valence-electron chi connectivity index (χ0n) is 25.0. The van der Waals surface area contributed by atoms with Crippen molar-refractivity contribution in [2.75, 3.05) is 29.7 Å². The number of ether oxygens (including phenoxy) is 1. The molecule has 0 spiro atoms. The van der Waals surface area contributed by atoms with E-state index in [1.54, 1.807) is 29.5 Å². The van der Waals surface area contributed by atoms with Crippen molar-refractivity contribution >= 4 is 40.1 Å². The fourth-order valence-electron chi connectivity index (χ4n) is 5.54. The van der Waals surface area contributed by atoms with Crippen LogP contribution in [0.2, 0.25) is 0 Å². The highest BCUT2D eigenvalue weighted by atomic mass is 32.2. The van der Waals surface area contributed by atoms with E-state index in [0.29, 0.717) is 22.6 Å². The lowest BCUT2D eigenvalue weighted by molar-refractivity contribution is 0.326. The van der Waals surface area contributed by atoms with Gasteiger partial charge in [-0.2, -0.15) is 0 Å². The van der Waals surface area contributed by atoms with Crippen LogP contribution in [0.1, 0.15) is 65.0 Å². The van der Waals surface area contributed by atoms with Crippen molar-refractivity contribution in [2.24, 2.45) is 5.41 Å². The number of aryl methyl sites for hydroxylation is 1. The summed E-state index contributed by atoms with van der Waals surface area (Å²) in [5.41, 5.74) is 15.1. The van der Waals surface area contributed by atoms with Gasteiger partial charge in [-0.15, -0.1) is 0 Å². The van der Waals surface area contributed by atoms with Gasteiger partial charge >= 0.3 is 0 Å². The zero-order chi connectivity index (χ0) is 29.0. The second-order valence-electron chi connectivity index (χ2n) is 11.4. The van der Waals surface area contributed by atoms with E-state index in [4.69, 9.17) is 10.5 Å². The van der Waals surface area contributed by atoms with Crippen LogP contribution >= 0.6 is 12.1 Å². The van der Waals surface area contributed by atoms with E-state index < -0.39 is 0 Å². The van der Waals surface area contributed by atoms with Crippen molar-refractivity contribution in [2.45, 2.75) is 60.3 Å². The van der Waals surface area contributed by atoms with E-state index in [9.17, 15) is 0 Å². The molecule has 1 aliphatic carbocycles. The Hall–Kier alpha value is -3.42. The highest BCUT2D eigenvalue weighted by molar-refractivity contribution is 7.98. The number of aromatic nitrogens is 2. The summed E-state index contributed by atoms with van der Waals surface area (Å²) in [7, 11) is 0. The van der Waals surface area contributed by atoms with Crippen LogP contribution in [-0.4, -0.2) is 33.9 Å². The molecule has 0 unspecified atom stereocenters. The number of aromatic amines is 1. The second-order valence-corrected chi connectivity index (χ2v) is 12.6. The van der Waals surface area contributed by atoms with Crippen molar-refractivity contribution in [3.63, 3.8) is 0 Å². The van der Waals surface area contributed by atoms with E-state index in [1.807, 2.05) is 44.3 Å². The molecule has 3 N–H and O–H groups in total. The van der Waals surface area contributed by atoms with Crippen LogP contribution in [0.5, 0.6) is 11.5 Å². The maximum absolute atomic E-state index is 6.30. The summed E-state index contributed by atoms with van der Waals surface area (Å²) < 4.78 is 11.0. The van der Waals surface area contributed by atoms with Crippen LogP contribution in [0.3, 0.4) is 0 Å². The van der Waals surface area contributed by atoms with Crippen molar-refractivity contribution in [3.05, 3.63) is 83.7 Å². The number of fused-ring (bicyclic) bond motifs is 1. The van der Waals surface area contributed by atoms with Crippen LogP contribution in [0.15, 0.2) is 72.6 Å². The largest absolute Gasteiger partial charge is 0.453 e. The average molecular weight is 570 g/mol. The minimum Gasteiger partial charge on any atom is -0.453 e. The highest BCUT2D eigenvalue weighted by Crippen LogP contribution is 2.44. The summed E-state index contributed by atoms with van der Waals surface area (Å²) in [5, 5.41) is 1.01. The van der Waals surface area contributed by atoms with E-state index in [2.05, 4.69) is 69.7 Å². The molecule has 3 heterocycles. The van der Waals surface area contributed by atoms with E-state index in [-0.39, 0.29) is 0 Å². The Balaban J connectivity index is 0.00000165. The first-order valence-electron chi connectivity index (χ1n) is 14.9. The number of nitrogens with one attached hydrogen (secondary N) is 1. The van der Waals surface area contributed by atoms with Crippen molar-refractivity contribution in [3.8, 4) is 11.5 Å². The molecule has 6 rings (SSSR count). The fraction of sp³-hybridized carbons (Fsp3) is 0.382. The first-order chi connectivity index (χ1) is 19.9. The number of nitrogens with two attached hydrogens (primary N) is 1. The van der Waals surface area contributed by atoms with Gasteiger partial charge in [0.05, 0.1) is 17.6 Å². The average Bonchev–Trinajstić information content (AvgIpc) is 3.66. The Bertz CT molecular complexity index is 1510. The first-order valence-corrected chi connectivity index (χ1v) is 15.6. The van der Waals surface area contributed by atoms with Crippen LogP contribution in [0.4, 0.5) is 11.4 Å². The molecule has 1 aliphatic heterocycles. The number of hydrogen-bond acceptors (Lipinski definition) is 6. The SMILES string of the molecule is CC.CCc1ccc(C2=C(CN3CCN(c4ccc(N)c(Oc5cnc6[nH]ccc6c5)c4)S3)CCC(C)(C)C2)cc1. The Morgan fingerprint density at radius 1 is 1.05 bits per heavy atom.